The molecule has 328 valence electrons. The van der Waals surface area contributed by atoms with E-state index < -0.39 is 187 Å². The van der Waals surface area contributed by atoms with Gasteiger partial charge in [0.2, 0.25) is 0 Å². The lowest BCUT2D eigenvalue weighted by molar-refractivity contribution is -0.412. The van der Waals surface area contributed by atoms with Crippen LogP contribution >= 0.6 is 0 Å². The predicted octanol–water partition coefficient (Wildman–Crippen LogP) is -11.9. The third-order valence-corrected chi connectivity index (χ3v) is 10.3. The van der Waals surface area contributed by atoms with E-state index >= 15 is 0 Å². The molecule has 0 aromatic rings. The van der Waals surface area contributed by atoms with Gasteiger partial charge in [-0.25, -0.2) is 0 Å². The molecule has 5 fully saturated rings. The quantitative estimate of drug-likeness (QED) is 0.0819. The number of rotatable bonds is 13. The van der Waals surface area contributed by atoms with Crippen molar-refractivity contribution in [1.82, 2.24) is 0 Å². The molecular formula is C30H52O26. The second-order valence-corrected chi connectivity index (χ2v) is 13.9. The van der Waals surface area contributed by atoms with Crippen LogP contribution in [0.3, 0.4) is 0 Å². The number of aliphatic hydroxyl groups excluding tert-OH is 17. The molecule has 0 amide bonds. The molecule has 17 N–H and O–H groups in total. The van der Waals surface area contributed by atoms with Crippen molar-refractivity contribution in [2.45, 2.75) is 154 Å². The third kappa shape index (κ3) is 9.16. The summed E-state index contributed by atoms with van der Waals surface area (Å²) in [5, 5.41) is 177. The molecule has 0 bridgehead atoms. The minimum atomic E-state index is -2.16. The van der Waals surface area contributed by atoms with Crippen LogP contribution in [0.5, 0.6) is 0 Å². The molecule has 5 aliphatic rings. The summed E-state index contributed by atoms with van der Waals surface area (Å²) < 4.78 is 50.2. The second-order valence-electron chi connectivity index (χ2n) is 13.9. The Balaban J connectivity index is 1.45. The van der Waals surface area contributed by atoms with Gasteiger partial charge < -0.3 is 129 Å². The molecule has 0 aliphatic carbocycles. The molecule has 5 heterocycles. The van der Waals surface area contributed by atoms with Gasteiger partial charge in [-0.15, -0.1) is 0 Å². The van der Waals surface area contributed by atoms with Gasteiger partial charge in [-0.05, 0) is 0 Å². The first kappa shape index (κ1) is 46.0. The van der Waals surface area contributed by atoms with E-state index in [4.69, 9.17) is 42.6 Å². The Kier molecular flexibility index (Phi) is 16.1. The Morgan fingerprint density at radius 3 is 0.857 bits per heavy atom. The molecule has 56 heavy (non-hydrogen) atoms. The zero-order valence-electron chi connectivity index (χ0n) is 29.2. The van der Waals surface area contributed by atoms with Gasteiger partial charge in [0.15, 0.2) is 31.5 Å². The lowest BCUT2D eigenvalue weighted by atomic mass is 9.95. The molecule has 0 aromatic heterocycles. The zero-order chi connectivity index (χ0) is 41.3. The van der Waals surface area contributed by atoms with E-state index in [2.05, 4.69) is 0 Å². The molecule has 5 saturated heterocycles. The maximum Gasteiger partial charge on any atom is 0.187 e. The molecule has 5 rings (SSSR count). The van der Waals surface area contributed by atoms with Crippen molar-refractivity contribution >= 4 is 0 Å². The first-order valence-electron chi connectivity index (χ1n) is 17.6. The summed E-state index contributed by atoms with van der Waals surface area (Å²) in [6, 6.07) is 0. The van der Waals surface area contributed by atoms with Gasteiger partial charge in [0.25, 0.3) is 0 Å². The first-order chi connectivity index (χ1) is 26.5. The van der Waals surface area contributed by atoms with Crippen LogP contribution in [0.1, 0.15) is 0 Å². The minimum absolute atomic E-state index is 0.833. The van der Waals surface area contributed by atoms with Crippen molar-refractivity contribution in [1.29, 1.82) is 0 Å². The number of hydrogen-bond donors (Lipinski definition) is 17. The van der Waals surface area contributed by atoms with Crippen molar-refractivity contribution in [3.05, 3.63) is 0 Å². The molecular weight excluding hydrogens is 776 g/mol. The molecule has 0 saturated carbocycles. The highest BCUT2D eigenvalue weighted by molar-refractivity contribution is 4.98. The summed E-state index contributed by atoms with van der Waals surface area (Å²) in [5.74, 6) is 0. The van der Waals surface area contributed by atoms with Gasteiger partial charge in [-0.2, -0.15) is 0 Å². The van der Waals surface area contributed by atoms with Crippen LogP contribution in [0.25, 0.3) is 0 Å². The van der Waals surface area contributed by atoms with Crippen LogP contribution in [-0.2, 0) is 42.6 Å². The van der Waals surface area contributed by atoms with Crippen LogP contribution in [-0.4, -0.2) is 273 Å². The minimum Gasteiger partial charge on any atom is -0.394 e. The molecule has 26 nitrogen and oxygen atoms in total. The Hall–Kier alpha value is -1.04. The summed E-state index contributed by atoms with van der Waals surface area (Å²) >= 11 is 0. The fourth-order valence-electron chi connectivity index (χ4n) is 6.95. The highest BCUT2D eigenvalue weighted by Crippen LogP contribution is 2.36. The Morgan fingerprint density at radius 2 is 0.518 bits per heavy atom. The van der Waals surface area contributed by atoms with E-state index in [1.54, 1.807) is 0 Å². The van der Waals surface area contributed by atoms with Crippen molar-refractivity contribution in [3.8, 4) is 0 Å². The van der Waals surface area contributed by atoms with Gasteiger partial charge in [0.05, 0.1) is 33.0 Å². The summed E-state index contributed by atoms with van der Waals surface area (Å²) in [7, 11) is 0. The Morgan fingerprint density at radius 1 is 0.268 bits per heavy atom. The molecule has 26 heteroatoms. The van der Waals surface area contributed by atoms with Crippen molar-refractivity contribution in [2.24, 2.45) is 0 Å². The highest BCUT2D eigenvalue weighted by atomic mass is 16.8. The monoisotopic (exact) mass is 828 g/mol. The Labute approximate surface area is 316 Å². The molecule has 5 aliphatic heterocycles. The topological polar surface area (TPSA) is 427 Å². The van der Waals surface area contributed by atoms with Gasteiger partial charge in [0, 0.05) is 0 Å². The van der Waals surface area contributed by atoms with Gasteiger partial charge in [-0.3, -0.25) is 0 Å². The zero-order valence-corrected chi connectivity index (χ0v) is 29.2. The third-order valence-electron chi connectivity index (χ3n) is 10.3. The fourth-order valence-corrected chi connectivity index (χ4v) is 6.95. The number of hydrogen-bond acceptors (Lipinski definition) is 26. The molecule has 0 radical (unpaired) electrons. The van der Waals surface area contributed by atoms with E-state index in [1.165, 1.54) is 0 Å². The molecule has 0 spiro atoms. The summed E-state index contributed by atoms with van der Waals surface area (Å²) in [5.41, 5.74) is 0. The SMILES string of the molecule is OC[C@H]1O[C@@H](O[C@@H]2[C@H](O[C@@H]3[C@H](O[C@@H]4[C@@H](O[C@H]5[C@@H](O)[C@H](O)[C@@H](CO)O[C@@H]5O)O[C@H](CO)[C@@H](O)[C@@H]4O)O[C@H](CO)[C@@H](O)[C@@H]3O)O[C@H](CO)[C@@H](O)[C@@H]2O)[C@@H](O)[C@@H](O)[C@@H]1O. The fraction of sp³-hybridized carbons (Fsp3) is 1.00. The van der Waals surface area contributed by atoms with Crippen molar-refractivity contribution in [2.75, 3.05) is 33.0 Å². The Bertz CT molecular complexity index is 1210. The van der Waals surface area contributed by atoms with Crippen LogP contribution in [0.15, 0.2) is 0 Å². The highest BCUT2D eigenvalue weighted by Gasteiger charge is 2.57. The maximum atomic E-state index is 11.3. The number of aliphatic hydroxyl groups is 17. The average Bonchev–Trinajstić information content (AvgIpc) is 3.19. The predicted molar refractivity (Wildman–Crippen MR) is 167 cm³/mol. The van der Waals surface area contributed by atoms with Crippen LogP contribution in [0, 0.1) is 0 Å². The normalized spacial score (nSPS) is 53.2. The molecule has 0 aromatic carbocycles. The molecule has 0 unspecified atom stereocenters. The van der Waals surface area contributed by atoms with Crippen molar-refractivity contribution in [3.63, 3.8) is 0 Å². The average molecular weight is 829 g/mol. The van der Waals surface area contributed by atoms with Crippen LogP contribution in [0.2, 0.25) is 0 Å². The second kappa shape index (κ2) is 19.6. The van der Waals surface area contributed by atoms with Crippen LogP contribution in [0.4, 0.5) is 0 Å². The number of ether oxygens (including phenoxy) is 9. The lowest BCUT2D eigenvalue weighted by Crippen LogP contribution is -2.68. The van der Waals surface area contributed by atoms with Crippen molar-refractivity contribution < 1.29 is 129 Å². The lowest BCUT2D eigenvalue weighted by Gasteiger charge is -2.50. The molecule has 25 atom stereocenters. The van der Waals surface area contributed by atoms with Gasteiger partial charge >= 0.3 is 0 Å². The van der Waals surface area contributed by atoms with E-state index in [0.717, 1.165) is 0 Å². The van der Waals surface area contributed by atoms with Gasteiger partial charge in [0.1, 0.15) is 122 Å². The van der Waals surface area contributed by atoms with Crippen LogP contribution < -0.4 is 0 Å². The van der Waals surface area contributed by atoms with E-state index in [1.807, 2.05) is 0 Å². The van der Waals surface area contributed by atoms with E-state index in [0.29, 0.717) is 0 Å². The van der Waals surface area contributed by atoms with Gasteiger partial charge in [-0.1, -0.05) is 0 Å². The van der Waals surface area contributed by atoms with E-state index in [-0.39, 0.29) is 0 Å². The largest absolute Gasteiger partial charge is 0.394 e. The smallest absolute Gasteiger partial charge is 0.187 e. The standard InChI is InChI=1S/C30H52O26/c31-1-6-12(37)17(42)22(26(47)48-6)53-28-24(19(44)14(39)8(3-33)50-28)55-30-25(20(45)15(40)10(5-35)52-30)56-29-23(18(43)13(38)9(4-34)51-29)54-27-21(46)16(41)11(36)7(2-32)49-27/h6-47H,1-5H2/t6-,7-,8-,9-,10-,11-,12-,13-,14-,15-,16+,17+,18+,19+,20+,21+,22+,23+,24+,25+,26+,27+,28-,29+,30+/m1/s1. The summed E-state index contributed by atoms with van der Waals surface area (Å²) in [6.45, 7) is -4.60. The summed E-state index contributed by atoms with van der Waals surface area (Å²) in [4.78, 5) is 0. The maximum absolute atomic E-state index is 11.3. The summed E-state index contributed by atoms with van der Waals surface area (Å²) in [6.07, 6.45) is -48.2. The first-order valence-corrected chi connectivity index (χ1v) is 17.6. The van der Waals surface area contributed by atoms with E-state index in [9.17, 15) is 86.8 Å².